The van der Waals surface area contributed by atoms with Gasteiger partial charge in [0.1, 0.15) is 0 Å². The molecule has 1 heterocycles. The van der Waals surface area contributed by atoms with Crippen LogP contribution in [0.25, 0.3) is 5.57 Å². The van der Waals surface area contributed by atoms with Crippen LogP contribution in [0.4, 0.5) is 0 Å². The molecular weight excluding hydrogens is 196 g/mol. The van der Waals surface area contributed by atoms with Crippen molar-refractivity contribution in [1.82, 2.24) is 10.2 Å². The average Bonchev–Trinajstić information content (AvgIpc) is 2.26. The van der Waals surface area contributed by atoms with Gasteiger partial charge in [-0.1, -0.05) is 31.6 Å². The summed E-state index contributed by atoms with van der Waals surface area (Å²) < 4.78 is 0. The van der Waals surface area contributed by atoms with Gasteiger partial charge in [-0.3, -0.25) is 0 Å². The molecule has 0 aliphatic heterocycles. The molecular formula is C14H20N2. The Balaban J connectivity index is 2.76. The van der Waals surface area contributed by atoms with E-state index in [-0.39, 0.29) is 0 Å². The highest BCUT2D eigenvalue weighted by molar-refractivity contribution is 5.73. The van der Waals surface area contributed by atoms with Crippen LogP contribution in [0.2, 0.25) is 0 Å². The van der Waals surface area contributed by atoms with E-state index in [1.807, 2.05) is 6.92 Å². The van der Waals surface area contributed by atoms with Crippen LogP contribution in [0.3, 0.4) is 0 Å². The van der Waals surface area contributed by atoms with Crippen LogP contribution in [0.15, 0.2) is 30.6 Å². The summed E-state index contributed by atoms with van der Waals surface area (Å²) in [6.45, 7) is 10.5. The Morgan fingerprint density at radius 3 is 2.69 bits per heavy atom. The van der Waals surface area contributed by atoms with Gasteiger partial charge < -0.3 is 0 Å². The first-order chi connectivity index (χ1) is 7.65. The number of aromatic nitrogens is 2. The van der Waals surface area contributed by atoms with Gasteiger partial charge in [-0.2, -0.15) is 10.2 Å². The Labute approximate surface area is 98.1 Å². The molecule has 0 saturated heterocycles. The molecule has 0 N–H and O–H groups in total. The minimum atomic E-state index is 1.03. The fourth-order valence-electron chi connectivity index (χ4n) is 1.62. The average molecular weight is 216 g/mol. The Morgan fingerprint density at radius 1 is 1.38 bits per heavy atom. The minimum absolute atomic E-state index is 1.03. The van der Waals surface area contributed by atoms with Crippen LogP contribution in [0.5, 0.6) is 0 Å². The van der Waals surface area contributed by atoms with Crippen LogP contribution in [0.1, 0.15) is 44.2 Å². The predicted molar refractivity (Wildman–Crippen MR) is 69.1 cm³/mol. The Morgan fingerprint density at radius 2 is 2.06 bits per heavy atom. The van der Waals surface area contributed by atoms with Crippen molar-refractivity contribution in [3.05, 3.63) is 41.7 Å². The lowest BCUT2D eigenvalue weighted by Crippen LogP contribution is -1.90. The summed E-state index contributed by atoms with van der Waals surface area (Å²) >= 11 is 0. The highest BCUT2D eigenvalue weighted by atomic mass is 15.1. The van der Waals surface area contributed by atoms with Gasteiger partial charge in [0.15, 0.2) is 0 Å². The molecule has 0 aliphatic rings. The van der Waals surface area contributed by atoms with E-state index in [0.717, 1.165) is 23.1 Å². The van der Waals surface area contributed by atoms with E-state index in [9.17, 15) is 0 Å². The van der Waals surface area contributed by atoms with Crippen LogP contribution in [0, 0.1) is 6.92 Å². The van der Waals surface area contributed by atoms with Crippen molar-refractivity contribution < 1.29 is 0 Å². The first-order valence-electron chi connectivity index (χ1n) is 5.79. The molecule has 0 atom stereocenters. The maximum absolute atomic E-state index is 4.09. The molecule has 1 rings (SSSR count). The minimum Gasteiger partial charge on any atom is -0.159 e. The van der Waals surface area contributed by atoms with E-state index in [1.165, 1.54) is 18.4 Å². The summed E-state index contributed by atoms with van der Waals surface area (Å²) in [4.78, 5) is 0. The molecule has 0 aliphatic carbocycles. The van der Waals surface area contributed by atoms with Crippen molar-refractivity contribution in [3.63, 3.8) is 0 Å². The zero-order valence-corrected chi connectivity index (χ0v) is 10.5. The molecule has 0 spiro atoms. The van der Waals surface area contributed by atoms with Crippen LogP contribution < -0.4 is 0 Å². The fourth-order valence-corrected chi connectivity index (χ4v) is 1.62. The summed E-state index contributed by atoms with van der Waals surface area (Å²) in [6, 6.07) is 0. The smallest absolute Gasteiger partial charge is 0.0577 e. The molecule has 0 fully saturated rings. The first-order valence-corrected chi connectivity index (χ1v) is 5.79. The molecule has 86 valence electrons. The molecule has 0 saturated carbocycles. The SMILES string of the molecule is C=C(/C=C(/C)CCCC)c1cnncc1C. The Bertz CT molecular complexity index is 391. The van der Waals surface area contributed by atoms with E-state index >= 15 is 0 Å². The van der Waals surface area contributed by atoms with Gasteiger partial charge in [0.05, 0.1) is 12.4 Å². The molecule has 0 radical (unpaired) electrons. The van der Waals surface area contributed by atoms with Crippen LogP contribution in [-0.2, 0) is 0 Å². The molecule has 0 unspecified atom stereocenters. The number of aryl methyl sites for hydroxylation is 1. The van der Waals surface area contributed by atoms with Crippen molar-refractivity contribution in [2.24, 2.45) is 0 Å². The summed E-state index contributed by atoms with van der Waals surface area (Å²) in [7, 11) is 0. The van der Waals surface area contributed by atoms with Gasteiger partial charge in [0.2, 0.25) is 0 Å². The van der Waals surface area contributed by atoms with Gasteiger partial charge >= 0.3 is 0 Å². The van der Waals surface area contributed by atoms with Gasteiger partial charge in [0, 0.05) is 5.56 Å². The lowest BCUT2D eigenvalue weighted by Gasteiger charge is -2.05. The summed E-state index contributed by atoms with van der Waals surface area (Å²) in [5.74, 6) is 0. The van der Waals surface area contributed by atoms with Gasteiger partial charge in [-0.15, -0.1) is 0 Å². The van der Waals surface area contributed by atoms with Gasteiger partial charge in [-0.25, -0.2) is 0 Å². The number of hydrogen-bond donors (Lipinski definition) is 0. The molecule has 0 aromatic carbocycles. The molecule has 0 bridgehead atoms. The van der Waals surface area contributed by atoms with Gasteiger partial charge in [-0.05, 0) is 37.8 Å². The Kier molecular flexibility index (Phi) is 4.90. The normalized spacial score (nSPS) is 11.6. The largest absolute Gasteiger partial charge is 0.159 e. The van der Waals surface area contributed by atoms with Crippen molar-refractivity contribution in [2.45, 2.75) is 40.0 Å². The number of nitrogens with zero attached hydrogens (tertiary/aromatic N) is 2. The maximum atomic E-state index is 4.09. The predicted octanol–water partition coefficient (Wildman–Crippen LogP) is 3.93. The molecule has 2 nitrogen and oxygen atoms in total. The third kappa shape index (κ3) is 3.61. The maximum Gasteiger partial charge on any atom is 0.0577 e. The molecule has 1 aromatic rings. The highest BCUT2D eigenvalue weighted by Crippen LogP contribution is 2.19. The number of unbranched alkanes of at least 4 members (excludes halogenated alkanes) is 1. The molecule has 1 aromatic heterocycles. The van der Waals surface area contributed by atoms with E-state index in [4.69, 9.17) is 0 Å². The third-order valence-electron chi connectivity index (χ3n) is 2.62. The summed E-state index contributed by atoms with van der Waals surface area (Å²) in [5, 5.41) is 7.74. The zero-order chi connectivity index (χ0) is 12.0. The highest BCUT2D eigenvalue weighted by Gasteiger charge is 2.01. The number of allylic oxidation sites excluding steroid dienone is 3. The summed E-state index contributed by atoms with van der Waals surface area (Å²) in [6.07, 6.45) is 9.32. The second-order valence-electron chi connectivity index (χ2n) is 4.21. The monoisotopic (exact) mass is 216 g/mol. The lowest BCUT2D eigenvalue weighted by molar-refractivity contribution is 0.788. The van der Waals surface area contributed by atoms with Crippen molar-refractivity contribution in [2.75, 3.05) is 0 Å². The zero-order valence-electron chi connectivity index (χ0n) is 10.5. The summed E-state index contributed by atoms with van der Waals surface area (Å²) in [5.41, 5.74) is 4.62. The molecule has 0 amide bonds. The van der Waals surface area contributed by atoms with Crippen LogP contribution >= 0.6 is 0 Å². The van der Waals surface area contributed by atoms with E-state index in [2.05, 4.69) is 36.7 Å². The van der Waals surface area contributed by atoms with Crippen LogP contribution in [-0.4, -0.2) is 10.2 Å². The lowest BCUT2D eigenvalue weighted by atomic mass is 10.0. The first kappa shape index (κ1) is 12.6. The third-order valence-corrected chi connectivity index (χ3v) is 2.62. The van der Waals surface area contributed by atoms with Gasteiger partial charge in [0.25, 0.3) is 0 Å². The van der Waals surface area contributed by atoms with E-state index < -0.39 is 0 Å². The van der Waals surface area contributed by atoms with E-state index in [1.54, 1.807) is 12.4 Å². The van der Waals surface area contributed by atoms with Crippen molar-refractivity contribution >= 4 is 5.57 Å². The standard InChI is InChI=1S/C14H20N2/c1-5-6-7-11(2)8-12(3)14-10-16-15-9-13(14)4/h8-10H,3,5-7H2,1-2,4H3/b11-8-. The molecule has 16 heavy (non-hydrogen) atoms. The second-order valence-corrected chi connectivity index (χ2v) is 4.21. The second kappa shape index (κ2) is 6.21. The molecule has 2 heteroatoms. The van der Waals surface area contributed by atoms with Crippen molar-refractivity contribution in [3.8, 4) is 0 Å². The topological polar surface area (TPSA) is 25.8 Å². The van der Waals surface area contributed by atoms with E-state index in [0.29, 0.717) is 0 Å². The number of hydrogen-bond acceptors (Lipinski definition) is 2. The fraction of sp³-hybridized carbons (Fsp3) is 0.429. The quantitative estimate of drug-likeness (QED) is 0.697. The Hall–Kier alpha value is -1.44. The number of rotatable bonds is 5. The van der Waals surface area contributed by atoms with Crippen molar-refractivity contribution in [1.29, 1.82) is 0 Å².